The van der Waals surface area contributed by atoms with Crippen molar-refractivity contribution in [2.45, 2.75) is 25.4 Å². The van der Waals surface area contributed by atoms with Crippen molar-refractivity contribution in [2.24, 2.45) is 0 Å². The maximum atomic E-state index is 10.00. The predicted molar refractivity (Wildman–Crippen MR) is 162 cm³/mol. The molecule has 2 fully saturated rings. The highest BCUT2D eigenvalue weighted by atomic mass is 35.5. The monoisotopic (exact) mass is 600 g/mol. The smallest absolute Gasteiger partial charge is 0.157 e. The molecule has 0 unspecified atom stereocenters. The van der Waals surface area contributed by atoms with Gasteiger partial charge in [0.1, 0.15) is 23.7 Å². The molecular formula is C30H34Cl2N4O5. The molecule has 41 heavy (non-hydrogen) atoms. The molecule has 0 amide bonds. The number of pyridine rings is 1. The number of halogens is 2. The van der Waals surface area contributed by atoms with E-state index in [4.69, 9.17) is 23.4 Å². The number of rotatable bonds is 9. The van der Waals surface area contributed by atoms with Crippen LogP contribution in [0, 0.1) is 11.3 Å². The number of hydrogen-bond acceptors (Lipinski definition) is 9. The van der Waals surface area contributed by atoms with E-state index >= 15 is 0 Å². The first-order valence-electron chi connectivity index (χ1n) is 13.6. The zero-order valence-corrected chi connectivity index (χ0v) is 24.3. The van der Waals surface area contributed by atoms with Crippen LogP contribution in [0.15, 0.2) is 53.3 Å². The lowest BCUT2D eigenvalue weighted by Gasteiger charge is -2.26. The fourth-order valence-electron chi connectivity index (χ4n) is 5.16. The molecule has 4 aromatic rings. The molecule has 2 aliphatic heterocycles. The first-order chi connectivity index (χ1) is 19.3. The van der Waals surface area contributed by atoms with Gasteiger partial charge in [0.25, 0.3) is 0 Å². The third-order valence-corrected chi connectivity index (χ3v) is 7.22. The lowest BCUT2D eigenvalue weighted by molar-refractivity contribution is 0.0261. The summed E-state index contributed by atoms with van der Waals surface area (Å²) < 4.78 is 29.5. The lowest BCUT2D eigenvalue weighted by Crippen LogP contribution is -2.37. The van der Waals surface area contributed by atoms with Crippen molar-refractivity contribution < 1.29 is 23.4 Å². The molecule has 2 saturated heterocycles. The lowest BCUT2D eigenvalue weighted by atomic mass is 10.1. The average Bonchev–Trinajstić information content (AvgIpc) is 3.47. The summed E-state index contributed by atoms with van der Waals surface area (Å²) in [6.45, 7) is 6.39. The Balaban J connectivity index is 0.00000194. The Labute approximate surface area is 251 Å². The van der Waals surface area contributed by atoms with E-state index in [1.54, 1.807) is 12.5 Å². The van der Waals surface area contributed by atoms with Gasteiger partial charge in [0.05, 0.1) is 67.1 Å². The number of hydrogen-bond donors (Lipinski definition) is 1. The topological polar surface area (TPSA) is 102 Å². The Kier molecular flexibility index (Phi) is 10.9. The van der Waals surface area contributed by atoms with Crippen LogP contribution >= 0.6 is 24.8 Å². The molecule has 0 atom stereocenters. The fraction of sp³-hybridized carbons (Fsp3) is 0.400. The molecule has 2 aliphatic rings. The molecule has 11 heteroatoms. The number of para-hydroxylation sites is 1. The summed E-state index contributed by atoms with van der Waals surface area (Å²) >= 11 is 0. The highest BCUT2D eigenvalue weighted by molar-refractivity contribution is 6.03. The molecule has 0 saturated carbocycles. The van der Waals surface area contributed by atoms with E-state index in [9.17, 15) is 5.26 Å². The number of benzene rings is 2. The Hall–Kier alpha value is -3.26. The van der Waals surface area contributed by atoms with Gasteiger partial charge in [-0.15, -0.1) is 24.8 Å². The Bertz CT molecular complexity index is 1480. The van der Waals surface area contributed by atoms with Crippen LogP contribution in [0.4, 0.5) is 11.4 Å². The van der Waals surface area contributed by atoms with E-state index in [0.29, 0.717) is 48.1 Å². The minimum absolute atomic E-state index is 0. The largest absolute Gasteiger partial charge is 0.493 e. The zero-order valence-electron chi connectivity index (χ0n) is 22.7. The van der Waals surface area contributed by atoms with E-state index in [0.717, 1.165) is 74.2 Å². The second-order valence-electron chi connectivity index (χ2n) is 9.83. The second kappa shape index (κ2) is 14.6. The maximum Gasteiger partial charge on any atom is 0.157 e. The number of ether oxygens (including phenoxy) is 4. The van der Waals surface area contributed by atoms with E-state index in [-0.39, 0.29) is 30.9 Å². The summed E-state index contributed by atoms with van der Waals surface area (Å²) in [6.07, 6.45) is 5.76. The summed E-state index contributed by atoms with van der Waals surface area (Å²) in [7, 11) is 0. The number of nitrogens with zero attached hydrogens (tertiary/aromatic N) is 3. The zero-order chi connectivity index (χ0) is 26.4. The summed E-state index contributed by atoms with van der Waals surface area (Å²) in [4.78, 5) is 7.03. The van der Waals surface area contributed by atoms with Gasteiger partial charge >= 0.3 is 0 Å². The van der Waals surface area contributed by atoms with Gasteiger partial charge in [0.15, 0.2) is 5.58 Å². The molecule has 0 radical (unpaired) electrons. The average molecular weight is 602 g/mol. The number of furan rings is 1. The van der Waals surface area contributed by atoms with Crippen molar-refractivity contribution in [2.75, 3.05) is 58.0 Å². The number of anilines is 2. The van der Waals surface area contributed by atoms with Gasteiger partial charge in [-0.05, 0) is 18.6 Å². The van der Waals surface area contributed by atoms with Crippen molar-refractivity contribution in [3.63, 3.8) is 0 Å². The summed E-state index contributed by atoms with van der Waals surface area (Å²) in [5.41, 5.74) is 3.23. The van der Waals surface area contributed by atoms with Crippen molar-refractivity contribution >= 4 is 58.1 Å². The van der Waals surface area contributed by atoms with Crippen LogP contribution in [0.25, 0.3) is 21.9 Å². The van der Waals surface area contributed by atoms with Crippen LogP contribution in [-0.2, 0) is 9.47 Å². The van der Waals surface area contributed by atoms with Crippen LogP contribution in [0.5, 0.6) is 11.5 Å². The molecule has 218 valence electrons. The van der Waals surface area contributed by atoms with E-state index in [1.165, 1.54) is 0 Å². The van der Waals surface area contributed by atoms with E-state index < -0.39 is 0 Å². The SMILES string of the molecule is Cl.Cl.N#Cc1cnc2cc(OCCCN3CCOCC3)cc(OC3CCOCC3)c2c1Nc1cccc2ccoc12. The van der Waals surface area contributed by atoms with Crippen LogP contribution in [0.1, 0.15) is 24.8 Å². The van der Waals surface area contributed by atoms with E-state index in [2.05, 4.69) is 21.3 Å². The molecule has 0 bridgehead atoms. The van der Waals surface area contributed by atoms with E-state index in [1.807, 2.05) is 36.4 Å². The number of morpholine rings is 1. The molecule has 9 nitrogen and oxygen atoms in total. The number of fused-ring (bicyclic) bond motifs is 2. The molecule has 0 aliphatic carbocycles. The molecule has 2 aromatic carbocycles. The van der Waals surface area contributed by atoms with Crippen LogP contribution in [0.2, 0.25) is 0 Å². The highest BCUT2D eigenvalue weighted by Gasteiger charge is 2.22. The van der Waals surface area contributed by atoms with Gasteiger partial charge in [-0.1, -0.05) is 12.1 Å². The summed E-state index contributed by atoms with van der Waals surface area (Å²) in [5.74, 6) is 1.34. The highest BCUT2D eigenvalue weighted by Crippen LogP contribution is 2.40. The van der Waals surface area contributed by atoms with Crippen LogP contribution < -0.4 is 14.8 Å². The standard InChI is InChI=1S/C30H32N4O5.2ClH/c31-19-22-20-32-26-17-24(37-11-2-8-34-9-15-36-16-10-34)18-27(39-23-6-12-35-13-7-23)28(26)29(22)33-25-4-1-3-21-5-14-38-30(21)25;;/h1,3-5,14,17-18,20,23H,2,6-13,15-16H2,(H,32,33);2*1H. The van der Waals surface area contributed by atoms with Crippen molar-refractivity contribution in [3.05, 3.63) is 54.4 Å². The van der Waals surface area contributed by atoms with Gasteiger partial charge < -0.3 is 28.7 Å². The van der Waals surface area contributed by atoms with Crippen LogP contribution in [-0.4, -0.2) is 68.7 Å². The molecule has 2 aromatic heterocycles. The first-order valence-corrected chi connectivity index (χ1v) is 13.6. The minimum Gasteiger partial charge on any atom is -0.493 e. The summed E-state index contributed by atoms with van der Waals surface area (Å²) in [6, 6.07) is 13.9. The van der Waals surface area contributed by atoms with Crippen molar-refractivity contribution in [3.8, 4) is 17.6 Å². The third kappa shape index (κ3) is 7.15. The quantitative estimate of drug-likeness (QED) is 0.228. The van der Waals surface area contributed by atoms with Crippen molar-refractivity contribution in [1.82, 2.24) is 9.88 Å². The maximum absolute atomic E-state index is 10.00. The second-order valence-corrected chi connectivity index (χ2v) is 9.83. The van der Waals surface area contributed by atoms with Crippen molar-refractivity contribution in [1.29, 1.82) is 5.26 Å². The Morgan fingerprint density at radius 1 is 1.05 bits per heavy atom. The van der Waals surface area contributed by atoms with Gasteiger partial charge in [0.2, 0.25) is 0 Å². The molecule has 1 N–H and O–H groups in total. The Morgan fingerprint density at radius 3 is 2.66 bits per heavy atom. The number of nitrogens with one attached hydrogen (secondary N) is 1. The van der Waals surface area contributed by atoms with Crippen LogP contribution in [0.3, 0.4) is 0 Å². The third-order valence-electron chi connectivity index (χ3n) is 7.22. The Morgan fingerprint density at radius 2 is 1.85 bits per heavy atom. The predicted octanol–water partition coefficient (Wildman–Crippen LogP) is 6.10. The van der Waals surface area contributed by atoms with Gasteiger partial charge in [-0.3, -0.25) is 9.88 Å². The number of nitriles is 1. The molecule has 4 heterocycles. The normalized spacial score (nSPS) is 16.0. The number of aromatic nitrogens is 1. The van der Waals surface area contributed by atoms with Gasteiger partial charge in [-0.25, -0.2) is 0 Å². The fourth-order valence-corrected chi connectivity index (χ4v) is 5.16. The molecular weight excluding hydrogens is 567 g/mol. The van der Waals surface area contributed by atoms with Gasteiger partial charge in [0, 0.05) is 56.2 Å². The minimum atomic E-state index is 0. The summed E-state index contributed by atoms with van der Waals surface area (Å²) in [5, 5.41) is 15.2. The van der Waals surface area contributed by atoms with Gasteiger partial charge in [-0.2, -0.15) is 5.26 Å². The molecule has 6 rings (SSSR count). The molecule has 0 spiro atoms. The first kappa shape index (κ1) is 30.7.